The number of rotatable bonds is 6. The molecule has 0 unspecified atom stereocenters. The molecule has 4 heterocycles. The van der Waals surface area contributed by atoms with Crippen LogP contribution in [0.1, 0.15) is 21.1 Å². The average Bonchev–Trinajstić information content (AvgIpc) is 3.59. The lowest BCUT2D eigenvalue weighted by molar-refractivity contribution is 0.0299. The maximum Gasteiger partial charge on any atom is 0.273 e. The number of carbonyl (C=O) groups is 1. The van der Waals surface area contributed by atoms with Crippen LogP contribution in [0.3, 0.4) is 0 Å². The highest BCUT2D eigenvalue weighted by atomic mass is 32.2. The Morgan fingerprint density at radius 1 is 1.16 bits per heavy atom. The van der Waals surface area contributed by atoms with Crippen molar-refractivity contribution in [3.63, 3.8) is 0 Å². The van der Waals surface area contributed by atoms with Gasteiger partial charge in [0.15, 0.2) is 10.9 Å². The molecule has 1 aromatic carbocycles. The van der Waals surface area contributed by atoms with E-state index in [1.165, 1.54) is 28.7 Å². The highest BCUT2D eigenvalue weighted by Gasteiger charge is 2.22. The van der Waals surface area contributed by atoms with Gasteiger partial charge in [-0.25, -0.2) is 4.98 Å². The van der Waals surface area contributed by atoms with Crippen molar-refractivity contribution in [1.29, 1.82) is 0 Å². The number of benzene rings is 1. The Labute approximate surface area is 193 Å². The molecule has 1 aliphatic rings. The number of hydrogen-bond acceptors (Lipinski definition) is 8. The van der Waals surface area contributed by atoms with Gasteiger partial charge in [0.2, 0.25) is 5.82 Å². The molecule has 32 heavy (non-hydrogen) atoms. The van der Waals surface area contributed by atoms with Crippen LogP contribution in [0.15, 0.2) is 57.6 Å². The molecule has 8 nitrogen and oxygen atoms in total. The lowest BCUT2D eigenvalue weighted by atomic mass is 10.2. The molecule has 1 aliphatic heterocycles. The average molecular weight is 468 g/mol. The largest absolute Gasteiger partial charge is 0.461 e. The fourth-order valence-corrected chi connectivity index (χ4v) is 5.12. The van der Waals surface area contributed by atoms with Gasteiger partial charge >= 0.3 is 0 Å². The van der Waals surface area contributed by atoms with E-state index < -0.39 is 0 Å². The zero-order valence-corrected chi connectivity index (χ0v) is 19.1. The van der Waals surface area contributed by atoms with E-state index in [0.717, 1.165) is 15.9 Å². The highest BCUT2D eigenvalue weighted by Crippen LogP contribution is 2.30. The van der Waals surface area contributed by atoms with Crippen LogP contribution in [-0.4, -0.2) is 56.9 Å². The van der Waals surface area contributed by atoms with Gasteiger partial charge < -0.3 is 14.1 Å². The van der Waals surface area contributed by atoms with E-state index in [-0.39, 0.29) is 5.91 Å². The minimum atomic E-state index is -0.0382. The molecule has 0 radical (unpaired) electrons. The SMILES string of the molecule is Cc1ccc(-n2c(SCc3nc(C(=O)N4CCOCC4)cs3)nnc2-c2ccco2)cc1. The van der Waals surface area contributed by atoms with Gasteiger partial charge in [0.1, 0.15) is 10.7 Å². The summed E-state index contributed by atoms with van der Waals surface area (Å²) in [4.78, 5) is 19.0. The molecule has 1 saturated heterocycles. The van der Waals surface area contributed by atoms with Gasteiger partial charge in [-0.05, 0) is 31.2 Å². The van der Waals surface area contributed by atoms with Gasteiger partial charge in [0.05, 0.1) is 25.2 Å². The van der Waals surface area contributed by atoms with Crippen LogP contribution in [-0.2, 0) is 10.5 Å². The number of thiazole rings is 1. The van der Waals surface area contributed by atoms with Crippen LogP contribution in [0.25, 0.3) is 17.3 Å². The highest BCUT2D eigenvalue weighted by molar-refractivity contribution is 7.98. The number of furan rings is 1. The Morgan fingerprint density at radius 3 is 2.72 bits per heavy atom. The van der Waals surface area contributed by atoms with Crippen molar-refractivity contribution in [1.82, 2.24) is 24.6 Å². The minimum Gasteiger partial charge on any atom is -0.461 e. The van der Waals surface area contributed by atoms with E-state index >= 15 is 0 Å². The van der Waals surface area contributed by atoms with Gasteiger partial charge in [0, 0.05) is 24.2 Å². The summed E-state index contributed by atoms with van der Waals surface area (Å²) in [5.74, 6) is 1.84. The maximum atomic E-state index is 12.7. The lowest BCUT2D eigenvalue weighted by Gasteiger charge is -2.25. The van der Waals surface area contributed by atoms with Crippen molar-refractivity contribution in [2.24, 2.45) is 0 Å². The summed E-state index contributed by atoms with van der Waals surface area (Å²) in [7, 11) is 0. The summed E-state index contributed by atoms with van der Waals surface area (Å²) in [6.45, 7) is 4.42. The maximum absolute atomic E-state index is 12.7. The molecule has 5 rings (SSSR count). The predicted octanol–water partition coefficient (Wildman–Crippen LogP) is 4.06. The van der Waals surface area contributed by atoms with E-state index in [9.17, 15) is 4.79 Å². The molecule has 0 atom stereocenters. The number of morpholine rings is 1. The van der Waals surface area contributed by atoms with Gasteiger partial charge in [-0.15, -0.1) is 21.5 Å². The first kappa shape index (κ1) is 20.9. The van der Waals surface area contributed by atoms with E-state index in [1.807, 2.05) is 34.2 Å². The fraction of sp³-hybridized carbons (Fsp3) is 0.273. The lowest BCUT2D eigenvalue weighted by Crippen LogP contribution is -2.40. The molecule has 1 fully saturated rings. The van der Waals surface area contributed by atoms with Gasteiger partial charge in [-0.3, -0.25) is 9.36 Å². The molecule has 1 amide bonds. The Balaban J connectivity index is 1.36. The molecule has 10 heteroatoms. The molecule has 4 aromatic rings. The second kappa shape index (κ2) is 9.27. The summed E-state index contributed by atoms with van der Waals surface area (Å²) in [6.07, 6.45) is 1.62. The summed E-state index contributed by atoms with van der Waals surface area (Å²) in [6, 6.07) is 11.9. The molecule has 0 bridgehead atoms. The number of aryl methyl sites for hydroxylation is 1. The van der Waals surface area contributed by atoms with Gasteiger partial charge in [-0.2, -0.15) is 0 Å². The number of hydrogen-bond donors (Lipinski definition) is 0. The number of amides is 1. The third kappa shape index (κ3) is 4.34. The van der Waals surface area contributed by atoms with Gasteiger partial charge in [0.25, 0.3) is 5.91 Å². The first-order valence-electron chi connectivity index (χ1n) is 10.2. The van der Waals surface area contributed by atoms with E-state index in [2.05, 4.69) is 34.2 Å². The first-order chi connectivity index (χ1) is 15.7. The number of ether oxygens (including phenoxy) is 1. The summed E-state index contributed by atoms with van der Waals surface area (Å²) < 4.78 is 12.9. The van der Waals surface area contributed by atoms with Crippen LogP contribution in [0.2, 0.25) is 0 Å². The summed E-state index contributed by atoms with van der Waals surface area (Å²) >= 11 is 3.01. The van der Waals surface area contributed by atoms with Crippen LogP contribution in [0.4, 0.5) is 0 Å². The Bertz CT molecular complexity index is 1190. The molecule has 3 aromatic heterocycles. The van der Waals surface area contributed by atoms with E-state index in [0.29, 0.717) is 49.3 Å². The summed E-state index contributed by atoms with van der Waals surface area (Å²) in [5, 5.41) is 12.2. The van der Waals surface area contributed by atoms with Crippen LogP contribution >= 0.6 is 23.1 Å². The number of aromatic nitrogens is 4. The molecule has 0 saturated carbocycles. The molecule has 0 aliphatic carbocycles. The quantitative estimate of drug-likeness (QED) is 0.395. The van der Waals surface area contributed by atoms with Crippen LogP contribution < -0.4 is 0 Å². The van der Waals surface area contributed by atoms with Crippen LogP contribution in [0, 0.1) is 6.92 Å². The third-order valence-corrected chi connectivity index (χ3v) is 7.03. The molecule has 0 spiro atoms. The van der Waals surface area contributed by atoms with Crippen molar-refractivity contribution >= 4 is 29.0 Å². The predicted molar refractivity (Wildman–Crippen MR) is 122 cm³/mol. The number of nitrogens with zero attached hydrogens (tertiary/aromatic N) is 5. The smallest absolute Gasteiger partial charge is 0.273 e. The minimum absolute atomic E-state index is 0.0382. The molecular formula is C22H21N5O3S2. The second-order valence-corrected chi connectivity index (χ2v) is 9.16. The zero-order chi connectivity index (χ0) is 21.9. The number of thioether (sulfide) groups is 1. The Kier molecular flexibility index (Phi) is 6.06. The standard InChI is InChI=1S/C22H21N5O3S2/c1-15-4-6-16(7-5-15)27-20(18-3-2-10-30-18)24-25-22(27)32-14-19-23-17(13-31-19)21(28)26-8-11-29-12-9-26/h2-7,10,13H,8-9,11-12,14H2,1H3. The first-order valence-corrected chi connectivity index (χ1v) is 12.1. The van der Waals surface area contributed by atoms with Crippen molar-refractivity contribution in [2.45, 2.75) is 17.8 Å². The number of carbonyl (C=O) groups excluding carboxylic acids is 1. The van der Waals surface area contributed by atoms with Gasteiger partial charge in [-0.1, -0.05) is 29.5 Å². The van der Waals surface area contributed by atoms with E-state index in [4.69, 9.17) is 9.15 Å². The summed E-state index contributed by atoms with van der Waals surface area (Å²) in [5.41, 5.74) is 2.62. The third-order valence-electron chi connectivity index (χ3n) is 5.06. The van der Waals surface area contributed by atoms with Crippen LogP contribution in [0.5, 0.6) is 0 Å². The topological polar surface area (TPSA) is 86.3 Å². The molecular weight excluding hydrogens is 446 g/mol. The second-order valence-electron chi connectivity index (χ2n) is 7.27. The molecule has 164 valence electrons. The van der Waals surface area contributed by atoms with Crippen molar-refractivity contribution in [3.05, 3.63) is 64.3 Å². The normalized spacial score (nSPS) is 14.1. The monoisotopic (exact) mass is 467 g/mol. The van der Waals surface area contributed by atoms with E-state index in [1.54, 1.807) is 11.2 Å². The van der Waals surface area contributed by atoms with Crippen molar-refractivity contribution in [3.8, 4) is 17.3 Å². The van der Waals surface area contributed by atoms with Crippen molar-refractivity contribution in [2.75, 3.05) is 26.3 Å². The Morgan fingerprint density at radius 2 is 1.97 bits per heavy atom. The molecule has 0 N–H and O–H groups in total. The van der Waals surface area contributed by atoms with Crippen molar-refractivity contribution < 1.29 is 13.9 Å². The zero-order valence-electron chi connectivity index (χ0n) is 17.4. The fourth-order valence-electron chi connectivity index (χ4n) is 3.39. The Hall–Kier alpha value is -2.95.